The van der Waals surface area contributed by atoms with Gasteiger partial charge in [0.15, 0.2) is 22.4 Å². The number of nitrogens with zero attached hydrogens (tertiary/aromatic N) is 2. The molecule has 0 aliphatic heterocycles. The minimum Gasteiger partial charge on any atom is -0.364 e. The molecule has 0 aliphatic rings. The molecule has 5 rings (SSSR count). The number of carbonyl (C=O) groups excluding carboxylic acids is 1. The van der Waals surface area contributed by atoms with Crippen LogP contribution in [0.25, 0.3) is 0 Å². The van der Waals surface area contributed by atoms with Gasteiger partial charge in [0.1, 0.15) is 34.6 Å². The Morgan fingerprint density at radius 1 is 0.608 bits per heavy atom. The molecule has 0 amide bonds. The van der Waals surface area contributed by atoms with Gasteiger partial charge in [-0.15, -0.1) is 0 Å². The normalized spacial score (nSPS) is 11.7. The first-order valence-electron chi connectivity index (χ1n) is 16.4. The van der Waals surface area contributed by atoms with Crippen molar-refractivity contribution in [3.8, 4) is 0 Å². The van der Waals surface area contributed by atoms with Gasteiger partial charge in [-0.2, -0.15) is 10.2 Å². The molecule has 0 spiro atoms. The van der Waals surface area contributed by atoms with Crippen LogP contribution in [-0.4, -0.2) is 54.0 Å². The number of hydrogen-bond acceptors (Lipinski definition) is 6. The molecule has 51 heavy (non-hydrogen) atoms. The smallest absolute Gasteiger partial charge is 0.187 e. The van der Waals surface area contributed by atoms with E-state index < -0.39 is 7.26 Å². The van der Waals surface area contributed by atoms with Crippen LogP contribution in [0.3, 0.4) is 0 Å². The first-order valence-corrected chi connectivity index (χ1v) is 19.2. The van der Waals surface area contributed by atoms with Gasteiger partial charge in [0.05, 0.1) is 6.61 Å². The second-order valence-corrected chi connectivity index (χ2v) is 15.6. The van der Waals surface area contributed by atoms with Crippen molar-refractivity contribution >= 4 is 75.0 Å². The zero-order valence-corrected chi connectivity index (χ0v) is 31.0. The van der Waals surface area contributed by atoms with E-state index >= 15 is 0 Å². The summed E-state index contributed by atoms with van der Waals surface area (Å²) in [6.07, 6.45) is 0.535. The molecule has 0 unspecified atom stereocenters. The molecule has 0 aromatic heterocycles. The lowest BCUT2D eigenvalue weighted by atomic mass is 9.98. The molecule has 11 heteroatoms. The number of hydrogen-bond donors (Lipinski definition) is 4. The summed E-state index contributed by atoms with van der Waals surface area (Å²) in [4.78, 5) is 12.0. The van der Waals surface area contributed by atoms with Gasteiger partial charge in [-0.3, -0.25) is 15.6 Å². The molecule has 0 heterocycles. The summed E-state index contributed by atoms with van der Waals surface area (Å²) in [5.74, 6) is -0.0266. The Labute approximate surface area is 310 Å². The minimum absolute atomic E-state index is 0.0266. The predicted octanol–water partition coefficient (Wildman–Crippen LogP) is 5.52. The van der Waals surface area contributed by atoms with E-state index in [0.717, 1.165) is 11.1 Å². The lowest BCUT2D eigenvalue weighted by molar-refractivity contribution is 0.101. The third-order valence-corrected chi connectivity index (χ3v) is 12.6. The number of nitrogens with one attached hydrogen (secondary N) is 4. The van der Waals surface area contributed by atoms with Crippen LogP contribution in [-0.2, 0) is 4.74 Å². The number of carbonyl (C=O) groups is 1. The minimum atomic E-state index is -2.11. The summed E-state index contributed by atoms with van der Waals surface area (Å²) in [6, 6.07) is 48.7. The van der Waals surface area contributed by atoms with E-state index in [1.807, 2.05) is 60.7 Å². The SMILES string of the molecule is CNC(=S)NN=C(C(=NNC(=S)NCCOC[P+](c1ccccc1)(c1ccccc1)c1ccccc1)c1ccccc1)c1ccc(C(C)=O)cc1. The van der Waals surface area contributed by atoms with Crippen molar-refractivity contribution in [1.82, 2.24) is 21.5 Å². The Balaban J connectivity index is 1.32. The summed E-state index contributed by atoms with van der Waals surface area (Å²) in [6.45, 7) is 2.42. The van der Waals surface area contributed by atoms with Gasteiger partial charge in [-0.25, -0.2) is 0 Å². The largest absolute Gasteiger partial charge is 0.364 e. The molecule has 0 saturated heterocycles. The zero-order chi connectivity index (χ0) is 35.9. The Kier molecular flexibility index (Phi) is 13.7. The number of Topliss-reactive ketones (excluding diaryl/α,β-unsaturated/α-hetero) is 1. The number of benzene rings is 5. The van der Waals surface area contributed by atoms with Crippen LogP contribution < -0.4 is 37.4 Å². The van der Waals surface area contributed by atoms with Crippen molar-refractivity contribution in [2.24, 2.45) is 10.2 Å². The highest BCUT2D eigenvalue weighted by Gasteiger charge is 2.45. The van der Waals surface area contributed by atoms with Crippen LogP contribution in [0.4, 0.5) is 0 Å². The molecule has 0 radical (unpaired) electrons. The van der Waals surface area contributed by atoms with Crippen LogP contribution in [0.15, 0.2) is 156 Å². The quantitative estimate of drug-likeness (QED) is 0.0296. The molecule has 5 aromatic rings. The number of ether oxygens (including phenoxy) is 1. The summed E-state index contributed by atoms with van der Waals surface area (Å²) in [5, 5.41) is 19.9. The van der Waals surface area contributed by atoms with Crippen molar-refractivity contribution in [3.05, 3.63) is 162 Å². The number of hydrazone groups is 2. The van der Waals surface area contributed by atoms with Gasteiger partial charge in [0.25, 0.3) is 0 Å². The first-order chi connectivity index (χ1) is 24.9. The molecule has 258 valence electrons. The Bertz CT molecular complexity index is 1860. The maximum Gasteiger partial charge on any atom is 0.187 e. The highest BCUT2D eigenvalue weighted by Crippen LogP contribution is 2.55. The molecule has 0 aliphatic carbocycles. The molecule has 0 saturated carbocycles. The summed E-state index contributed by atoms with van der Waals surface area (Å²) in [5.41, 5.74) is 9.00. The van der Waals surface area contributed by atoms with Crippen molar-refractivity contribution < 1.29 is 9.53 Å². The highest BCUT2D eigenvalue weighted by molar-refractivity contribution is 7.95. The van der Waals surface area contributed by atoms with Gasteiger partial charge in [-0.1, -0.05) is 109 Å². The molecule has 4 N–H and O–H groups in total. The Morgan fingerprint density at radius 2 is 1.02 bits per heavy atom. The molecule has 0 bridgehead atoms. The van der Waals surface area contributed by atoms with Crippen LogP contribution in [0, 0.1) is 0 Å². The van der Waals surface area contributed by atoms with Crippen LogP contribution in [0.5, 0.6) is 0 Å². The maximum absolute atomic E-state index is 12.0. The molecule has 0 fully saturated rings. The predicted molar refractivity (Wildman–Crippen MR) is 220 cm³/mol. The fourth-order valence-corrected chi connectivity index (χ4v) is 9.41. The van der Waals surface area contributed by atoms with Crippen molar-refractivity contribution in [2.75, 3.05) is 26.5 Å². The number of thiocarbonyl (C=S) groups is 2. The summed E-state index contributed by atoms with van der Waals surface area (Å²) >= 11 is 10.9. The van der Waals surface area contributed by atoms with Crippen molar-refractivity contribution in [3.63, 3.8) is 0 Å². The van der Waals surface area contributed by atoms with E-state index in [1.54, 1.807) is 19.2 Å². The van der Waals surface area contributed by atoms with E-state index in [4.69, 9.17) is 34.3 Å². The van der Waals surface area contributed by atoms with E-state index in [9.17, 15) is 4.79 Å². The summed E-state index contributed by atoms with van der Waals surface area (Å²) in [7, 11) is -0.405. The standard InChI is InChI=1S/C40H39N6O2PS2/c1-30(47)31-23-25-33(26-24-31)38(43-45-39(50)41-2)37(32-15-7-3-8-16-32)44-46-40(51)42-27-28-48-29-49(34-17-9-4-10-18-34,35-19-11-5-12-20-35)36-21-13-6-14-22-36/h3-26H,27-29H2,1-2H3,(H3-,41,42,43,44,45,46,47,50,51)/p+1. The first kappa shape index (κ1) is 37.1. The van der Waals surface area contributed by atoms with Gasteiger partial charge in [0, 0.05) is 30.3 Å². The summed E-state index contributed by atoms with van der Waals surface area (Å²) < 4.78 is 6.49. The van der Waals surface area contributed by atoms with Crippen LogP contribution in [0.2, 0.25) is 0 Å². The van der Waals surface area contributed by atoms with Gasteiger partial charge < -0.3 is 15.4 Å². The Hall–Kier alpha value is -5.12. The fourth-order valence-electron chi connectivity index (χ4n) is 5.43. The lowest BCUT2D eigenvalue weighted by Gasteiger charge is -2.27. The average molecular weight is 732 g/mol. The van der Waals surface area contributed by atoms with Crippen molar-refractivity contribution in [1.29, 1.82) is 0 Å². The third-order valence-electron chi connectivity index (χ3n) is 8.01. The fraction of sp³-hybridized carbons (Fsp3) is 0.125. The van der Waals surface area contributed by atoms with Gasteiger partial charge in [-0.05, 0) is 67.8 Å². The van der Waals surface area contributed by atoms with Gasteiger partial charge in [0.2, 0.25) is 0 Å². The van der Waals surface area contributed by atoms with Gasteiger partial charge >= 0.3 is 0 Å². The van der Waals surface area contributed by atoms with E-state index in [2.05, 4.69) is 99.4 Å². The van der Waals surface area contributed by atoms with E-state index in [1.165, 1.54) is 22.8 Å². The molecule has 5 aromatic carbocycles. The third kappa shape index (κ3) is 9.78. The maximum atomic E-state index is 12.0. The second-order valence-electron chi connectivity index (χ2n) is 11.3. The molecule has 8 nitrogen and oxygen atoms in total. The molecular formula is C40H40N6O2PS2+. The number of ketones is 1. The lowest BCUT2D eigenvalue weighted by Crippen LogP contribution is -2.37. The topological polar surface area (TPSA) is 99.1 Å². The monoisotopic (exact) mass is 731 g/mol. The average Bonchev–Trinajstić information content (AvgIpc) is 3.19. The van der Waals surface area contributed by atoms with Crippen LogP contribution in [0.1, 0.15) is 28.4 Å². The highest BCUT2D eigenvalue weighted by atomic mass is 32.1. The van der Waals surface area contributed by atoms with E-state index in [0.29, 0.717) is 46.7 Å². The van der Waals surface area contributed by atoms with Crippen LogP contribution >= 0.6 is 31.7 Å². The van der Waals surface area contributed by atoms with Crippen molar-refractivity contribution in [2.45, 2.75) is 6.92 Å². The second kappa shape index (κ2) is 18.8. The molecular weight excluding hydrogens is 692 g/mol. The molecule has 0 atom stereocenters. The zero-order valence-electron chi connectivity index (χ0n) is 28.5. The van der Waals surface area contributed by atoms with E-state index in [-0.39, 0.29) is 5.78 Å². The Morgan fingerprint density at radius 3 is 1.47 bits per heavy atom. The number of rotatable bonds is 14.